The van der Waals surface area contributed by atoms with Crippen molar-refractivity contribution in [3.05, 3.63) is 11.6 Å². The Kier molecular flexibility index (Phi) is 7.46. The van der Waals surface area contributed by atoms with Gasteiger partial charge in [0.1, 0.15) is 0 Å². The van der Waals surface area contributed by atoms with Gasteiger partial charge in [-0.15, -0.1) is 0 Å². The standard InChI is InChI=1S/C16H34OSi/c1-14(2)10-9-11-15(3)12-13-17-18(7,8)16(4,5)6/h10,15H,9,11-13H2,1-8H3/t15-/m1/s1. The molecule has 0 radical (unpaired) electrons. The lowest BCUT2D eigenvalue weighted by Gasteiger charge is -2.36. The van der Waals surface area contributed by atoms with Gasteiger partial charge in [0, 0.05) is 6.61 Å². The molecule has 0 bridgehead atoms. The lowest BCUT2D eigenvalue weighted by atomic mass is 10.0. The van der Waals surface area contributed by atoms with E-state index in [1.807, 2.05) is 0 Å². The Morgan fingerprint density at radius 2 is 1.72 bits per heavy atom. The number of hydrogen-bond acceptors (Lipinski definition) is 1. The highest BCUT2D eigenvalue weighted by atomic mass is 28.4. The van der Waals surface area contributed by atoms with Crippen LogP contribution in [0.2, 0.25) is 18.1 Å². The molecule has 0 spiro atoms. The van der Waals surface area contributed by atoms with E-state index in [1.165, 1.54) is 24.8 Å². The summed E-state index contributed by atoms with van der Waals surface area (Å²) in [5.74, 6) is 0.769. The molecule has 0 aliphatic rings. The summed E-state index contributed by atoms with van der Waals surface area (Å²) in [6.07, 6.45) is 6.03. The van der Waals surface area contributed by atoms with Crippen molar-refractivity contribution in [3.8, 4) is 0 Å². The van der Waals surface area contributed by atoms with E-state index in [9.17, 15) is 0 Å². The maximum atomic E-state index is 6.22. The highest BCUT2D eigenvalue weighted by Gasteiger charge is 2.36. The van der Waals surface area contributed by atoms with E-state index in [2.05, 4.69) is 60.7 Å². The second kappa shape index (κ2) is 7.49. The zero-order valence-electron chi connectivity index (χ0n) is 13.9. The normalized spacial score (nSPS) is 14.4. The minimum absolute atomic E-state index is 0.332. The van der Waals surface area contributed by atoms with E-state index in [0.717, 1.165) is 12.5 Å². The summed E-state index contributed by atoms with van der Waals surface area (Å²) >= 11 is 0. The fourth-order valence-electron chi connectivity index (χ4n) is 1.53. The maximum Gasteiger partial charge on any atom is 0.191 e. The maximum absolute atomic E-state index is 6.22. The summed E-state index contributed by atoms with van der Waals surface area (Å²) in [6, 6.07) is 0. The first-order valence-electron chi connectivity index (χ1n) is 7.33. The van der Waals surface area contributed by atoms with Gasteiger partial charge in [-0.3, -0.25) is 0 Å². The molecule has 108 valence electrons. The van der Waals surface area contributed by atoms with Crippen molar-refractivity contribution in [1.29, 1.82) is 0 Å². The average Bonchev–Trinajstić information content (AvgIpc) is 2.14. The van der Waals surface area contributed by atoms with Crippen molar-refractivity contribution < 1.29 is 4.43 Å². The van der Waals surface area contributed by atoms with Gasteiger partial charge in [0.05, 0.1) is 0 Å². The van der Waals surface area contributed by atoms with Crippen LogP contribution in [0.4, 0.5) is 0 Å². The molecule has 0 N–H and O–H groups in total. The molecule has 0 aliphatic carbocycles. The third-order valence-corrected chi connectivity index (χ3v) is 8.63. The summed E-state index contributed by atoms with van der Waals surface area (Å²) in [5.41, 5.74) is 1.43. The summed E-state index contributed by atoms with van der Waals surface area (Å²) in [6.45, 7) is 19.2. The molecule has 0 fully saturated rings. The van der Waals surface area contributed by atoms with Crippen LogP contribution in [-0.2, 0) is 4.43 Å². The molecule has 18 heavy (non-hydrogen) atoms. The summed E-state index contributed by atoms with van der Waals surface area (Å²) in [4.78, 5) is 0. The minimum atomic E-state index is -1.53. The molecular formula is C16H34OSi. The van der Waals surface area contributed by atoms with E-state index in [-0.39, 0.29) is 0 Å². The molecule has 0 saturated heterocycles. The molecule has 0 heterocycles. The van der Waals surface area contributed by atoms with Gasteiger partial charge in [-0.2, -0.15) is 0 Å². The van der Waals surface area contributed by atoms with Crippen LogP contribution >= 0.6 is 0 Å². The molecule has 0 aromatic heterocycles. The molecule has 1 atom stereocenters. The Labute approximate surface area is 116 Å². The molecular weight excluding hydrogens is 236 g/mol. The highest BCUT2D eigenvalue weighted by Crippen LogP contribution is 2.36. The SMILES string of the molecule is CC(C)=CCC[C@@H](C)CCO[Si](C)(C)C(C)(C)C. The summed E-state index contributed by atoms with van der Waals surface area (Å²) < 4.78 is 6.22. The smallest absolute Gasteiger partial charge is 0.191 e. The number of rotatable bonds is 7. The molecule has 0 aromatic rings. The minimum Gasteiger partial charge on any atom is -0.417 e. The van der Waals surface area contributed by atoms with Crippen LogP contribution in [-0.4, -0.2) is 14.9 Å². The fraction of sp³-hybridized carbons (Fsp3) is 0.875. The molecule has 0 unspecified atom stereocenters. The van der Waals surface area contributed by atoms with Crippen molar-refractivity contribution in [3.63, 3.8) is 0 Å². The Morgan fingerprint density at radius 1 is 1.17 bits per heavy atom. The third-order valence-electron chi connectivity index (χ3n) is 4.09. The van der Waals surface area contributed by atoms with Gasteiger partial charge in [0.2, 0.25) is 0 Å². The zero-order chi connectivity index (χ0) is 14.4. The van der Waals surface area contributed by atoms with E-state index >= 15 is 0 Å². The van der Waals surface area contributed by atoms with Gasteiger partial charge >= 0.3 is 0 Å². The second-order valence-electron chi connectivity index (χ2n) is 7.36. The number of allylic oxidation sites excluding steroid dienone is 2. The topological polar surface area (TPSA) is 9.23 Å². The van der Waals surface area contributed by atoms with Crippen molar-refractivity contribution in [2.75, 3.05) is 6.61 Å². The zero-order valence-corrected chi connectivity index (χ0v) is 14.9. The molecule has 0 amide bonds. The van der Waals surface area contributed by atoms with Crippen molar-refractivity contribution in [2.24, 2.45) is 5.92 Å². The van der Waals surface area contributed by atoms with E-state index in [4.69, 9.17) is 4.43 Å². The van der Waals surface area contributed by atoms with Crippen LogP contribution in [0.15, 0.2) is 11.6 Å². The molecule has 0 saturated carbocycles. The van der Waals surface area contributed by atoms with Crippen LogP contribution in [0.3, 0.4) is 0 Å². The van der Waals surface area contributed by atoms with Crippen LogP contribution in [0.1, 0.15) is 60.8 Å². The van der Waals surface area contributed by atoms with E-state index < -0.39 is 8.32 Å². The molecule has 0 aromatic carbocycles. The Hall–Kier alpha value is -0.0831. The summed E-state index contributed by atoms with van der Waals surface area (Å²) in [5, 5.41) is 0.332. The fourth-order valence-corrected chi connectivity index (χ4v) is 2.59. The lowest BCUT2D eigenvalue weighted by Crippen LogP contribution is -2.41. The van der Waals surface area contributed by atoms with Crippen LogP contribution < -0.4 is 0 Å². The molecule has 0 aliphatic heterocycles. The summed E-state index contributed by atoms with van der Waals surface area (Å²) in [7, 11) is -1.53. The Morgan fingerprint density at radius 3 is 2.17 bits per heavy atom. The lowest BCUT2D eigenvalue weighted by molar-refractivity contribution is 0.257. The Bertz CT molecular complexity index is 257. The van der Waals surface area contributed by atoms with Gasteiger partial charge in [-0.05, 0) is 57.2 Å². The monoisotopic (exact) mass is 270 g/mol. The van der Waals surface area contributed by atoms with Crippen LogP contribution in [0.25, 0.3) is 0 Å². The predicted molar refractivity (Wildman–Crippen MR) is 85.6 cm³/mol. The van der Waals surface area contributed by atoms with Gasteiger partial charge in [-0.25, -0.2) is 0 Å². The largest absolute Gasteiger partial charge is 0.417 e. The van der Waals surface area contributed by atoms with Crippen molar-refractivity contribution in [2.45, 2.75) is 78.9 Å². The van der Waals surface area contributed by atoms with Crippen molar-refractivity contribution in [1.82, 2.24) is 0 Å². The highest BCUT2D eigenvalue weighted by molar-refractivity contribution is 6.74. The third kappa shape index (κ3) is 7.37. The van der Waals surface area contributed by atoms with Crippen LogP contribution in [0.5, 0.6) is 0 Å². The first-order chi connectivity index (χ1) is 8.06. The quantitative estimate of drug-likeness (QED) is 0.421. The number of hydrogen-bond donors (Lipinski definition) is 0. The van der Waals surface area contributed by atoms with Gasteiger partial charge < -0.3 is 4.43 Å². The molecule has 1 nitrogen and oxygen atoms in total. The van der Waals surface area contributed by atoms with Gasteiger partial charge in [0.25, 0.3) is 0 Å². The molecule has 0 rings (SSSR count). The first kappa shape index (κ1) is 17.9. The van der Waals surface area contributed by atoms with Gasteiger partial charge in [0.15, 0.2) is 8.32 Å². The van der Waals surface area contributed by atoms with E-state index in [1.54, 1.807) is 0 Å². The van der Waals surface area contributed by atoms with Gasteiger partial charge in [-0.1, -0.05) is 39.3 Å². The average molecular weight is 271 g/mol. The molecule has 2 heteroatoms. The van der Waals surface area contributed by atoms with E-state index in [0.29, 0.717) is 5.04 Å². The van der Waals surface area contributed by atoms with Crippen molar-refractivity contribution >= 4 is 8.32 Å². The second-order valence-corrected chi connectivity index (χ2v) is 12.2. The van der Waals surface area contributed by atoms with Crippen LogP contribution in [0, 0.1) is 5.92 Å². The first-order valence-corrected chi connectivity index (χ1v) is 10.2. The predicted octanol–water partition coefficient (Wildman–Crippen LogP) is 5.78. The Balaban J connectivity index is 3.88.